The molecule has 1 fully saturated rings. The first kappa shape index (κ1) is 18.5. The number of amides is 2. The van der Waals surface area contributed by atoms with Gasteiger partial charge >= 0.3 is 0 Å². The summed E-state index contributed by atoms with van der Waals surface area (Å²) in [7, 11) is 0. The summed E-state index contributed by atoms with van der Waals surface area (Å²) in [5.74, 6) is 0.895. The Morgan fingerprint density at radius 3 is 2.96 bits per heavy atom. The molecule has 0 unspecified atom stereocenters. The van der Waals surface area contributed by atoms with E-state index >= 15 is 0 Å². The molecule has 0 saturated carbocycles. The van der Waals surface area contributed by atoms with Crippen LogP contribution in [-0.2, 0) is 16.1 Å². The first-order valence-electron chi connectivity index (χ1n) is 8.04. The van der Waals surface area contributed by atoms with Gasteiger partial charge in [-0.3, -0.25) is 14.5 Å². The van der Waals surface area contributed by atoms with Crippen molar-refractivity contribution in [2.24, 2.45) is 0 Å². The SMILES string of the molecule is CCNC(=O)[C@@H]1C[C@@H](NC(=O)CSC)CN1Cc1cccnc1N. The fourth-order valence-corrected chi connectivity index (χ4v) is 3.30. The fourth-order valence-electron chi connectivity index (χ4n) is 2.95. The highest BCUT2D eigenvalue weighted by molar-refractivity contribution is 7.99. The Balaban J connectivity index is 2.08. The number of hydrogen-bond acceptors (Lipinski definition) is 6. The number of anilines is 1. The largest absolute Gasteiger partial charge is 0.383 e. The van der Waals surface area contributed by atoms with Crippen LogP contribution in [0.15, 0.2) is 18.3 Å². The lowest BCUT2D eigenvalue weighted by molar-refractivity contribution is -0.125. The van der Waals surface area contributed by atoms with Crippen molar-refractivity contribution < 1.29 is 9.59 Å². The molecular formula is C16H25N5O2S. The highest BCUT2D eigenvalue weighted by Gasteiger charge is 2.37. The van der Waals surface area contributed by atoms with Crippen molar-refractivity contribution in [3.63, 3.8) is 0 Å². The van der Waals surface area contributed by atoms with Crippen molar-refractivity contribution in [2.75, 3.05) is 30.8 Å². The maximum absolute atomic E-state index is 12.4. The fraction of sp³-hybridized carbons (Fsp3) is 0.562. The molecule has 2 amide bonds. The number of hydrogen-bond donors (Lipinski definition) is 3. The minimum atomic E-state index is -0.274. The number of aromatic nitrogens is 1. The van der Waals surface area contributed by atoms with Crippen LogP contribution in [0, 0.1) is 0 Å². The van der Waals surface area contributed by atoms with Crippen LogP contribution >= 0.6 is 11.8 Å². The Labute approximate surface area is 146 Å². The van der Waals surface area contributed by atoms with Gasteiger partial charge < -0.3 is 16.4 Å². The zero-order chi connectivity index (χ0) is 17.5. The molecule has 1 aromatic heterocycles. The summed E-state index contributed by atoms with van der Waals surface area (Å²) in [6.07, 6.45) is 4.14. The van der Waals surface area contributed by atoms with E-state index in [4.69, 9.17) is 5.73 Å². The van der Waals surface area contributed by atoms with Gasteiger partial charge in [-0.05, 0) is 25.7 Å². The monoisotopic (exact) mass is 351 g/mol. The second-order valence-corrected chi connectivity index (χ2v) is 6.69. The molecule has 7 nitrogen and oxygen atoms in total. The predicted octanol–water partition coefficient (Wildman–Crippen LogP) is 0.222. The van der Waals surface area contributed by atoms with Gasteiger partial charge in [0.25, 0.3) is 0 Å². The summed E-state index contributed by atoms with van der Waals surface area (Å²) in [6, 6.07) is 3.44. The summed E-state index contributed by atoms with van der Waals surface area (Å²) >= 11 is 1.48. The minimum Gasteiger partial charge on any atom is -0.383 e. The maximum Gasteiger partial charge on any atom is 0.237 e. The van der Waals surface area contributed by atoms with Gasteiger partial charge in [0, 0.05) is 37.4 Å². The zero-order valence-electron chi connectivity index (χ0n) is 14.1. The normalized spacial score (nSPS) is 20.8. The summed E-state index contributed by atoms with van der Waals surface area (Å²) < 4.78 is 0. The Morgan fingerprint density at radius 2 is 2.29 bits per heavy atom. The first-order chi connectivity index (χ1) is 11.5. The highest BCUT2D eigenvalue weighted by atomic mass is 32.2. The van der Waals surface area contributed by atoms with E-state index in [2.05, 4.69) is 20.5 Å². The number of likely N-dealkylation sites (tertiary alicyclic amines) is 1. The van der Waals surface area contributed by atoms with Crippen LogP contribution < -0.4 is 16.4 Å². The number of thioether (sulfide) groups is 1. The third kappa shape index (κ3) is 4.85. The van der Waals surface area contributed by atoms with Gasteiger partial charge in [-0.15, -0.1) is 0 Å². The Bertz CT molecular complexity index is 583. The topological polar surface area (TPSA) is 100 Å². The molecule has 0 aliphatic carbocycles. The van der Waals surface area contributed by atoms with Crippen molar-refractivity contribution in [1.82, 2.24) is 20.5 Å². The molecule has 1 aromatic rings. The van der Waals surface area contributed by atoms with Crippen molar-refractivity contribution in [3.05, 3.63) is 23.9 Å². The quantitative estimate of drug-likeness (QED) is 0.650. The molecule has 1 saturated heterocycles. The molecule has 0 bridgehead atoms. The predicted molar refractivity (Wildman–Crippen MR) is 96.5 cm³/mol. The van der Waals surface area contributed by atoms with Crippen molar-refractivity contribution in [3.8, 4) is 0 Å². The Hall–Kier alpha value is -1.80. The summed E-state index contributed by atoms with van der Waals surface area (Å²) in [6.45, 7) is 3.64. The lowest BCUT2D eigenvalue weighted by atomic mass is 10.1. The number of rotatable bonds is 7. The van der Waals surface area contributed by atoms with Crippen LogP contribution in [0.2, 0.25) is 0 Å². The number of nitrogens with zero attached hydrogens (tertiary/aromatic N) is 2. The number of carbonyl (C=O) groups is 2. The van der Waals surface area contributed by atoms with Crippen LogP contribution in [0.25, 0.3) is 0 Å². The van der Waals surface area contributed by atoms with Gasteiger partial charge in [0.1, 0.15) is 5.82 Å². The third-order valence-electron chi connectivity index (χ3n) is 4.00. The van der Waals surface area contributed by atoms with Gasteiger partial charge in [0.15, 0.2) is 0 Å². The number of nitrogen functional groups attached to an aromatic ring is 1. The van der Waals surface area contributed by atoms with E-state index in [-0.39, 0.29) is 23.9 Å². The van der Waals surface area contributed by atoms with E-state index < -0.39 is 0 Å². The smallest absolute Gasteiger partial charge is 0.237 e. The van der Waals surface area contributed by atoms with Gasteiger partial charge in [-0.25, -0.2) is 4.98 Å². The number of likely N-dealkylation sites (N-methyl/N-ethyl adjacent to an activating group) is 1. The maximum atomic E-state index is 12.4. The second-order valence-electron chi connectivity index (χ2n) is 5.82. The Kier molecular flexibility index (Phi) is 6.86. The molecule has 0 spiro atoms. The average Bonchev–Trinajstić information content (AvgIpc) is 2.92. The summed E-state index contributed by atoms with van der Waals surface area (Å²) in [5.41, 5.74) is 6.81. The van der Waals surface area contributed by atoms with Crippen molar-refractivity contribution in [1.29, 1.82) is 0 Å². The van der Waals surface area contributed by atoms with E-state index in [0.717, 1.165) is 5.56 Å². The van der Waals surface area contributed by atoms with Crippen LogP contribution in [0.3, 0.4) is 0 Å². The molecule has 1 aliphatic heterocycles. The van der Waals surface area contributed by atoms with Gasteiger partial charge in [-0.1, -0.05) is 6.07 Å². The average molecular weight is 351 g/mol. The van der Waals surface area contributed by atoms with Crippen molar-refractivity contribution >= 4 is 29.4 Å². The molecule has 0 aromatic carbocycles. The standard InChI is InChI=1S/C16H25N5O2S/c1-3-18-16(23)13-7-12(20-14(22)10-24-2)9-21(13)8-11-5-4-6-19-15(11)17/h4-6,12-13H,3,7-10H2,1-2H3,(H2,17,19)(H,18,23)(H,20,22)/t12-,13+/m1/s1. The molecule has 4 N–H and O–H groups in total. The minimum absolute atomic E-state index is 0.00453. The van der Waals surface area contributed by atoms with Gasteiger partial charge in [0.05, 0.1) is 11.8 Å². The van der Waals surface area contributed by atoms with Crippen LogP contribution in [0.4, 0.5) is 5.82 Å². The molecule has 1 aliphatic rings. The summed E-state index contributed by atoms with van der Waals surface area (Å²) in [4.78, 5) is 30.4. The van der Waals surface area contributed by atoms with Crippen LogP contribution in [-0.4, -0.2) is 58.9 Å². The van der Waals surface area contributed by atoms with E-state index in [1.165, 1.54) is 11.8 Å². The van der Waals surface area contributed by atoms with E-state index in [0.29, 0.717) is 37.6 Å². The van der Waals surface area contributed by atoms with E-state index in [1.807, 2.05) is 25.3 Å². The molecule has 2 heterocycles. The van der Waals surface area contributed by atoms with E-state index in [9.17, 15) is 9.59 Å². The van der Waals surface area contributed by atoms with E-state index in [1.54, 1.807) is 6.20 Å². The highest BCUT2D eigenvalue weighted by Crippen LogP contribution is 2.22. The van der Waals surface area contributed by atoms with Crippen molar-refractivity contribution in [2.45, 2.75) is 32.0 Å². The number of pyridine rings is 1. The zero-order valence-corrected chi connectivity index (χ0v) is 14.9. The lowest BCUT2D eigenvalue weighted by Crippen LogP contribution is -2.42. The molecule has 2 rings (SSSR count). The Morgan fingerprint density at radius 1 is 1.50 bits per heavy atom. The second kappa shape index (κ2) is 8.89. The number of carbonyl (C=O) groups excluding carboxylic acids is 2. The third-order valence-corrected chi connectivity index (χ3v) is 4.55. The van der Waals surface area contributed by atoms with Gasteiger partial charge in [-0.2, -0.15) is 11.8 Å². The first-order valence-corrected chi connectivity index (χ1v) is 9.44. The summed E-state index contributed by atoms with van der Waals surface area (Å²) in [5, 5.41) is 5.88. The van der Waals surface area contributed by atoms with Gasteiger partial charge in [0.2, 0.25) is 11.8 Å². The molecule has 8 heteroatoms. The van der Waals surface area contributed by atoms with Crippen LogP contribution in [0.1, 0.15) is 18.9 Å². The molecule has 132 valence electrons. The molecular weight excluding hydrogens is 326 g/mol. The number of nitrogens with two attached hydrogens (primary N) is 1. The van der Waals surface area contributed by atoms with Crippen LogP contribution in [0.5, 0.6) is 0 Å². The molecule has 0 radical (unpaired) electrons. The lowest BCUT2D eigenvalue weighted by Gasteiger charge is -2.23. The molecule has 2 atom stereocenters. The molecule has 24 heavy (non-hydrogen) atoms. The number of nitrogens with one attached hydrogen (secondary N) is 2.